The van der Waals surface area contributed by atoms with Crippen LogP contribution in [0.3, 0.4) is 0 Å². The minimum absolute atomic E-state index is 0.0662. The normalized spacial score (nSPS) is 21.5. The molecule has 0 aliphatic carbocycles. The van der Waals surface area contributed by atoms with E-state index in [0.717, 1.165) is 17.7 Å². The Hall–Kier alpha value is -2.62. The lowest BCUT2D eigenvalue weighted by molar-refractivity contribution is -0.121. The van der Waals surface area contributed by atoms with Gasteiger partial charge < -0.3 is 24.5 Å². The first-order valence-electron chi connectivity index (χ1n) is 10.4. The lowest BCUT2D eigenvalue weighted by Crippen LogP contribution is -2.39. The molecule has 162 valence electrons. The standard InChI is InChI=1S/C22H23N3O5S/c26-19(13-3-7-28-8-4-13)20-18(17-2-1-6-30-17)24-22(31-20)25-21(27)14-10-15-12-29-9-5-16(15)23-11-14/h1-2,6,10-11,13,22,24H,3-5,7-9,12H2,(H,25,27). The number of furan rings is 1. The lowest BCUT2D eigenvalue weighted by Gasteiger charge is -2.21. The molecule has 1 atom stereocenters. The van der Waals surface area contributed by atoms with E-state index in [1.165, 1.54) is 11.8 Å². The van der Waals surface area contributed by atoms with Crippen molar-refractivity contribution < 1.29 is 23.5 Å². The van der Waals surface area contributed by atoms with E-state index in [2.05, 4.69) is 15.6 Å². The molecule has 2 aromatic heterocycles. The number of ether oxygens (including phenoxy) is 2. The van der Waals surface area contributed by atoms with Gasteiger partial charge in [0, 0.05) is 43.0 Å². The molecule has 0 bridgehead atoms. The molecule has 5 heterocycles. The summed E-state index contributed by atoms with van der Waals surface area (Å²) in [5.74, 6) is 0.301. The van der Waals surface area contributed by atoms with Gasteiger partial charge in [-0.1, -0.05) is 11.8 Å². The molecule has 0 radical (unpaired) electrons. The van der Waals surface area contributed by atoms with Crippen molar-refractivity contribution in [2.45, 2.75) is 31.4 Å². The van der Waals surface area contributed by atoms with Gasteiger partial charge in [-0.25, -0.2) is 0 Å². The van der Waals surface area contributed by atoms with Crippen molar-refractivity contribution in [2.24, 2.45) is 5.92 Å². The van der Waals surface area contributed by atoms with Crippen LogP contribution in [-0.2, 0) is 27.3 Å². The Morgan fingerprint density at radius 1 is 1.19 bits per heavy atom. The number of carbonyl (C=O) groups excluding carboxylic acids is 2. The zero-order valence-electron chi connectivity index (χ0n) is 16.9. The number of carbonyl (C=O) groups is 2. The highest BCUT2D eigenvalue weighted by Crippen LogP contribution is 2.38. The SMILES string of the molecule is O=C(NC1NC(c2ccco2)=C(C(=O)C2CCOCC2)S1)c1cnc2c(c1)COCC2. The molecule has 1 fully saturated rings. The molecule has 1 saturated heterocycles. The summed E-state index contributed by atoms with van der Waals surface area (Å²) < 4.78 is 16.4. The van der Waals surface area contributed by atoms with Gasteiger partial charge in [-0.05, 0) is 31.0 Å². The second-order valence-corrected chi connectivity index (χ2v) is 8.80. The van der Waals surface area contributed by atoms with Crippen LogP contribution in [0, 0.1) is 5.92 Å². The number of pyridine rings is 1. The van der Waals surface area contributed by atoms with Crippen LogP contribution in [0.2, 0.25) is 0 Å². The third-order valence-corrected chi connectivity index (χ3v) is 6.76. The fourth-order valence-electron chi connectivity index (χ4n) is 3.96. The molecule has 5 rings (SSSR count). The third-order valence-electron chi connectivity index (χ3n) is 5.65. The van der Waals surface area contributed by atoms with Crippen molar-refractivity contribution in [2.75, 3.05) is 19.8 Å². The number of allylic oxidation sites excluding steroid dienone is 1. The van der Waals surface area contributed by atoms with E-state index in [0.29, 0.717) is 61.2 Å². The largest absolute Gasteiger partial charge is 0.463 e. The molecule has 1 unspecified atom stereocenters. The number of nitrogens with one attached hydrogen (secondary N) is 2. The summed E-state index contributed by atoms with van der Waals surface area (Å²) in [4.78, 5) is 31.1. The maximum Gasteiger partial charge on any atom is 0.255 e. The lowest BCUT2D eigenvalue weighted by atomic mass is 9.94. The van der Waals surface area contributed by atoms with Crippen LogP contribution in [0.15, 0.2) is 40.0 Å². The number of hydrogen-bond acceptors (Lipinski definition) is 8. The molecule has 31 heavy (non-hydrogen) atoms. The Morgan fingerprint density at radius 2 is 2.06 bits per heavy atom. The van der Waals surface area contributed by atoms with Crippen molar-refractivity contribution in [1.82, 2.24) is 15.6 Å². The van der Waals surface area contributed by atoms with Gasteiger partial charge >= 0.3 is 0 Å². The average Bonchev–Trinajstić information content (AvgIpc) is 3.49. The van der Waals surface area contributed by atoms with E-state index in [1.54, 1.807) is 24.6 Å². The van der Waals surface area contributed by atoms with Gasteiger partial charge in [0.25, 0.3) is 5.91 Å². The van der Waals surface area contributed by atoms with Gasteiger partial charge in [0.05, 0.1) is 35.6 Å². The number of ketones is 1. The fraction of sp³-hybridized carbons (Fsp3) is 0.409. The number of thioether (sulfide) groups is 1. The zero-order chi connectivity index (χ0) is 21.2. The molecule has 0 saturated carbocycles. The Morgan fingerprint density at radius 3 is 2.87 bits per heavy atom. The summed E-state index contributed by atoms with van der Waals surface area (Å²) in [5, 5.41) is 6.20. The van der Waals surface area contributed by atoms with E-state index in [1.807, 2.05) is 6.07 Å². The number of rotatable bonds is 5. The first-order valence-corrected chi connectivity index (χ1v) is 11.3. The number of Topliss-reactive ketones (excluding diaryl/α,β-unsaturated/α-hetero) is 1. The van der Waals surface area contributed by atoms with Crippen LogP contribution in [0.4, 0.5) is 0 Å². The van der Waals surface area contributed by atoms with Gasteiger partial charge in [0.15, 0.2) is 17.0 Å². The molecular formula is C22H23N3O5S. The van der Waals surface area contributed by atoms with Crippen LogP contribution in [0.5, 0.6) is 0 Å². The van der Waals surface area contributed by atoms with Crippen LogP contribution < -0.4 is 10.6 Å². The van der Waals surface area contributed by atoms with E-state index in [-0.39, 0.29) is 17.6 Å². The maximum absolute atomic E-state index is 13.2. The molecule has 2 aromatic rings. The van der Waals surface area contributed by atoms with Crippen molar-refractivity contribution in [3.05, 3.63) is 58.1 Å². The monoisotopic (exact) mass is 441 g/mol. The summed E-state index contributed by atoms with van der Waals surface area (Å²) in [7, 11) is 0. The molecular weight excluding hydrogens is 418 g/mol. The Kier molecular flexibility index (Phi) is 5.80. The molecule has 0 spiro atoms. The van der Waals surface area contributed by atoms with Gasteiger partial charge in [0.1, 0.15) is 0 Å². The van der Waals surface area contributed by atoms with E-state index >= 15 is 0 Å². The van der Waals surface area contributed by atoms with Crippen molar-refractivity contribution in [3.63, 3.8) is 0 Å². The minimum Gasteiger partial charge on any atom is -0.463 e. The first kappa shape index (κ1) is 20.3. The summed E-state index contributed by atoms with van der Waals surface area (Å²) >= 11 is 1.31. The maximum atomic E-state index is 13.2. The van der Waals surface area contributed by atoms with Gasteiger partial charge in [-0.15, -0.1) is 0 Å². The predicted octanol–water partition coefficient (Wildman–Crippen LogP) is 2.46. The van der Waals surface area contributed by atoms with Crippen molar-refractivity contribution in [1.29, 1.82) is 0 Å². The highest BCUT2D eigenvalue weighted by atomic mass is 32.2. The van der Waals surface area contributed by atoms with Gasteiger partial charge in [-0.3, -0.25) is 14.6 Å². The molecule has 8 nitrogen and oxygen atoms in total. The molecule has 0 aromatic carbocycles. The van der Waals surface area contributed by atoms with Crippen LogP contribution in [0.1, 0.15) is 40.2 Å². The first-order chi connectivity index (χ1) is 15.2. The van der Waals surface area contributed by atoms with Crippen LogP contribution >= 0.6 is 11.8 Å². The number of hydrogen-bond donors (Lipinski definition) is 2. The van der Waals surface area contributed by atoms with Gasteiger partial charge in [0.2, 0.25) is 0 Å². The van der Waals surface area contributed by atoms with Crippen molar-refractivity contribution >= 4 is 29.1 Å². The number of amides is 1. The Labute approximate surface area is 183 Å². The topological polar surface area (TPSA) is 103 Å². The quantitative estimate of drug-likeness (QED) is 0.730. The molecule has 1 amide bonds. The number of nitrogens with zero attached hydrogens (tertiary/aromatic N) is 1. The second-order valence-electron chi connectivity index (χ2n) is 7.68. The zero-order valence-corrected chi connectivity index (χ0v) is 17.7. The molecule has 3 aliphatic rings. The summed E-state index contributed by atoms with van der Waals surface area (Å²) in [6.45, 7) is 2.30. The van der Waals surface area contributed by atoms with E-state index < -0.39 is 5.50 Å². The number of aromatic nitrogens is 1. The van der Waals surface area contributed by atoms with Crippen LogP contribution in [0.25, 0.3) is 5.70 Å². The van der Waals surface area contributed by atoms with Crippen LogP contribution in [-0.4, -0.2) is 42.0 Å². The van der Waals surface area contributed by atoms with Crippen molar-refractivity contribution in [3.8, 4) is 0 Å². The molecule has 2 N–H and O–H groups in total. The molecule has 9 heteroatoms. The average molecular weight is 442 g/mol. The number of fused-ring (bicyclic) bond motifs is 1. The Bertz CT molecular complexity index is 1010. The summed E-state index contributed by atoms with van der Waals surface area (Å²) in [5.41, 5.74) is 2.51. The van der Waals surface area contributed by atoms with E-state index in [9.17, 15) is 9.59 Å². The third kappa shape index (κ3) is 4.26. The highest BCUT2D eigenvalue weighted by molar-refractivity contribution is 8.05. The van der Waals surface area contributed by atoms with Gasteiger partial charge in [-0.2, -0.15) is 0 Å². The molecule has 3 aliphatic heterocycles. The predicted molar refractivity (Wildman–Crippen MR) is 114 cm³/mol. The minimum atomic E-state index is -0.487. The summed E-state index contributed by atoms with van der Waals surface area (Å²) in [6, 6.07) is 5.40. The fourth-order valence-corrected chi connectivity index (χ4v) is 5.10. The Balaban J connectivity index is 1.32. The second kappa shape index (κ2) is 8.86. The van der Waals surface area contributed by atoms with E-state index in [4.69, 9.17) is 13.9 Å². The highest BCUT2D eigenvalue weighted by Gasteiger charge is 2.35. The smallest absolute Gasteiger partial charge is 0.255 e. The summed E-state index contributed by atoms with van der Waals surface area (Å²) in [6.07, 6.45) is 5.32.